The van der Waals surface area contributed by atoms with E-state index in [4.69, 9.17) is 4.74 Å². The van der Waals surface area contributed by atoms with E-state index < -0.39 is 12.1 Å². The second-order valence-corrected chi connectivity index (χ2v) is 21.4. The predicted molar refractivity (Wildman–Crippen MR) is 306 cm³/mol. The van der Waals surface area contributed by atoms with Crippen LogP contribution in [0.1, 0.15) is 335 Å². The van der Waals surface area contributed by atoms with Gasteiger partial charge in [0.15, 0.2) is 0 Å². The van der Waals surface area contributed by atoms with Gasteiger partial charge in [0, 0.05) is 12.8 Å². The lowest BCUT2D eigenvalue weighted by atomic mass is 10.0. The number of hydrogen-bond acceptors (Lipinski definition) is 5. The standard InChI is InChI=1S/C64H121NO5/c1-3-5-7-9-11-13-15-17-19-20-21-22-23-24-26-29-32-36-40-44-48-52-56-62(67)61(60-66)65-63(68)57-53-49-45-41-37-33-30-27-25-28-31-35-39-43-47-51-55-59-70-64(69)58-54-50-46-42-38-34-18-16-14-12-10-8-6-4-2/h25,28,35,39,52,56,61-62,66-67H,3-24,26-27,29-34,36-38,40-51,53-55,57-60H2,1-2H3,(H,65,68)/b28-25-,39-35-,56-52+. The van der Waals surface area contributed by atoms with Crippen LogP contribution in [0.25, 0.3) is 0 Å². The smallest absolute Gasteiger partial charge is 0.305 e. The monoisotopic (exact) mass is 984 g/mol. The molecule has 0 aromatic rings. The molecule has 6 nitrogen and oxygen atoms in total. The first-order valence-corrected chi connectivity index (χ1v) is 31.3. The van der Waals surface area contributed by atoms with Gasteiger partial charge in [-0.2, -0.15) is 0 Å². The summed E-state index contributed by atoms with van der Waals surface area (Å²) in [5.41, 5.74) is 0. The quantitative estimate of drug-likeness (QED) is 0.0321. The Morgan fingerprint density at radius 2 is 0.714 bits per heavy atom. The van der Waals surface area contributed by atoms with Gasteiger partial charge in [-0.15, -0.1) is 0 Å². The average molecular weight is 985 g/mol. The molecule has 1 amide bonds. The highest BCUT2D eigenvalue weighted by Gasteiger charge is 2.18. The van der Waals surface area contributed by atoms with E-state index in [1.807, 2.05) is 6.08 Å². The molecule has 0 aliphatic carbocycles. The number of rotatable bonds is 58. The molecule has 0 radical (unpaired) electrons. The molecule has 70 heavy (non-hydrogen) atoms. The van der Waals surface area contributed by atoms with Crippen molar-refractivity contribution in [1.29, 1.82) is 0 Å². The van der Waals surface area contributed by atoms with Crippen molar-refractivity contribution < 1.29 is 24.5 Å². The summed E-state index contributed by atoms with van der Waals surface area (Å²) >= 11 is 0. The number of esters is 1. The summed E-state index contributed by atoms with van der Waals surface area (Å²) in [5.74, 6) is -0.0952. The van der Waals surface area contributed by atoms with Crippen molar-refractivity contribution in [3.63, 3.8) is 0 Å². The zero-order valence-electron chi connectivity index (χ0n) is 47.0. The molecule has 0 aromatic heterocycles. The van der Waals surface area contributed by atoms with Gasteiger partial charge in [0.1, 0.15) is 0 Å². The van der Waals surface area contributed by atoms with Gasteiger partial charge in [-0.25, -0.2) is 0 Å². The topological polar surface area (TPSA) is 95.9 Å². The fourth-order valence-corrected chi connectivity index (χ4v) is 9.61. The van der Waals surface area contributed by atoms with Crippen molar-refractivity contribution in [2.75, 3.05) is 13.2 Å². The predicted octanol–water partition coefficient (Wildman–Crippen LogP) is 19.6. The van der Waals surface area contributed by atoms with Crippen molar-refractivity contribution in [1.82, 2.24) is 5.32 Å². The Labute approximate surface area is 436 Å². The fourth-order valence-electron chi connectivity index (χ4n) is 9.61. The largest absolute Gasteiger partial charge is 0.466 e. The molecule has 0 saturated heterocycles. The number of amides is 1. The van der Waals surface area contributed by atoms with E-state index in [2.05, 4.69) is 43.5 Å². The van der Waals surface area contributed by atoms with E-state index in [1.54, 1.807) is 6.08 Å². The first kappa shape index (κ1) is 68.1. The van der Waals surface area contributed by atoms with Crippen molar-refractivity contribution in [2.45, 2.75) is 347 Å². The fraction of sp³-hybridized carbons (Fsp3) is 0.875. The third-order valence-electron chi connectivity index (χ3n) is 14.4. The number of allylic oxidation sites excluding steroid dienone is 5. The molecule has 3 N–H and O–H groups in total. The van der Waals surface area contributed by atoms with Gasteiger partial charge in [-0.05, 0) is 70.6 Å². The number of hydrogen-bond donors (Lipinski definition) is 3. The third-order valence-corrected chi connectivity index (χ3v) is 14.4. The van der Waals surface area contributed by atoms with Gasteiger partial charge in [0.25, 0.3) is 0 Å². The highest BCUT2D eigenvalue weighted by molar-refractivity contribution is 5.76. The zero-order valence-corrected chi connectivity index (χ0v) is 47.0. The van der Waals surface area contributed by atoms with Gasteiger partial charge in [0.2, 0.25) is 5.91 Å². The van der Waals surface area contributed by atoms with E-state index in [0.29, 0.717) is 19.4 Å². The van der Waals surface area contributed by atoms with Crippen LogP contribution in [-0.2, 0) is 14.3 Å². The summed E-state index contributed by atoms with van der Waals surface area (Å²) in [5, 5.41) is 23.2. The minimum Gasteiger partial charge on any atom is -0.466 e. The highest BCUT2D eigenvalue weighted by Crippen LogP contribution is 2.17. The van der Waals surface area contributed by atoms with Crippen LogP contribution in [-0.4, -0.2) is 47.4 Å². The zero-order chi connectivity index (χ0) is 50.7. The van der Waals surface area contributed by atoms with Gasteiger partial charge in [-0.1, -0.05) is 288 Å². The van der Waals surface area contributed by atoms with Crippen LogP contribution >= 0.6 is 0 Å². The van der Waals surface area contributed by atoms with Gasteiger partial charge < -0.3 is 20.3 Å². The maximum Gasteiger partial charge on any atom is 0.305 e. The average Bonchev–Trinajstić information content (AvgIpc) is 3.36. The van der Waals surface area contributed by atoms with Crippen molar-refractivity contribution >= 4 is 11.9 Å². The molecule has 0 spiro atoms. The van der Waals surface area contributed by atoms with Crippen molar-refractivity contribution in [2.24, 2.45) is 0 Å². The molecule has 0 fully saturated rings. The summed E-state index contributed by atoms with van der Waals surface area (Å²) in [4.78, 5) is 24.5. The summed E-state index contributed by atoms with van der Waals surface area (Å²) in [7, 11) is 0. The number of unbranched alkanes of at least 4 members (excludes halogenated alkanes) is 43. The van der Waals surface area contributed by atoms with Crippen LogP contribution in [0.5, 0.6) is 0 Å². The maximum absolute atomic E-state index is 12.5. The molecule has 0 aliphatic heterocycles. The van der Waals surface area contributed by atoms with Crippen LogP contribution in [0, 0.1) is 0 Å². The lowest BCUT2D eigenvalue weighted by Gasteiger charge is -2.20. The Morgan fingerprint density at radius 1 is 0.400 bits per heavy atom. The summed E-state index contributed by atoms with van der Waals surface area (Å²) < 4.78 is 5.46. The van der Waals surface area contributed by atoms with Gasteiger partial charge >= 0.3 is 5.97 Å². The van der Waals surface area contributed by atoms with E-state index in [1.165, 1.54) is 225 Å². The summed E-state index contributed by atoms with van der Waals surface area (Å²) in [6.07, 6.45) is 74.7. The first-order chi connectivity index (χ1) is 34.5. The maximum atomic E-state index is 12.5. The molecule has 412 valence electrons. The Bertz CT molecular complexity index is 1130. The van der Waals surface area contributed by atoms with Gasteiger partial charge in [0.05, 0.1) is 25.4 Å². The van der Waals surface area contributed by atoms with E-state index in [9.17, 15) is 19.8 Å². The molecular formula is C64H121NO5. The molecule has 6 heteroatoms. The van der Waals surface area contributed by atoms with Gasteiger partial charge in [-0.3, -0.25) is 9.59 Å². The number of ether oxygens (including phenoxy) is 1. The summed E-state index contributed by atoms with van der Waals surface area (Å²) in [6.45, 7) is 4.88. The molecule has 0 aromatic carbocycles. The highest BCUT2D eigenvalue weighted by atomic mass is 16.5. The van der Waals surface area contributed by atoms with Crippen LogP contribution < -0.4 is 5.32 Å². The molecule has 2 atom stereocenters. The molecule has 0 bridgehead atoms. The minimum atomic E-state index is -0.856. The normalized spacial score (nSPS) is 12.8. The summed E-state index contributed by atoms with van der Waals surface area (Å²) in [6, 6.07) is -0.641. The van der Waals surface area contributed by atoms with E-state index in [-0.39, 0.29) is 18.5 Å². The number of carbonyl (C=O) groups excluding carboxylic acids is 2. The SMILES string of the molecule is CCCCCCCCCCCCCCCCCCCCCC/C=C/C(O)C(CO)NC(=O)CCCCCCCCC/C=C\C/C=C\CCCCCOC(=O)CCCCCCCCCCCCCCCC. The molecule has 0 rings (SSSR count). The number of aliphatic hydroxyl groups is 2. The Hall–Kier alpha value is -1.92. The molecule has 0 aliphatic rings. The van der Waals surface area contributed by atoms with Crippen molar-refractivity contribution in [3.05, 3.63) is 36.5 Å². The second kappa shape index (κ2) is 59.6. The molecular weight excluding hydrogens is 863 g/mol. The minimum absolute atomic E-state index is 0.0138. The lowest BCUT2D eigenvalue weighted by molar-refractivity contribution is -0.143. The first-order valence-electron chi connectivity index (χ1n) is 31.3. The lowest BCUT2D eigenvalue weighted by Crippen LogP contribution is -2.45. The van der Waals surface area contributed by atoms with Crippen LogP contribution in [0.3, 0.4) is 0 Å². The van der Waals surface area contributed by atoms with E-state index >= 15 is 0 Å². The van der Waals surface area contributed by atoms with Crippen LogP contribution in [0.2, 0.25) is 0 Å². The number of carbonyl (C=O) groups is 2. The van der Waals surface area contributed by atoms with Crippen molar-refractivity contribution in [3.8, 4) is 0 Å². The third kappa shape index (κ3) is 55.4. The second-order valence-electron chi connectivity index (χ2n) is 21.4. The molecule has 0 heterocycles. The van der Waals surface area contributed by atoms with Crippen LogP contribution in [0.15, 0.2) is 36.5 Å². The number of aliphatic hydroxyl groups excluding tert-OH is 2. The molecule has 2 unspecified atom stereocenters. The Kier molecular flexibility index (Phi) is 58.0. The van der Waals surface area contributed by atoms with Crippen LogP contribution in [0.4, 0.5) is 0 Å². The Balaban J connectivity index is 3.52. The van der Waals surface area contributed by atoms with E-state index in [0.717, 1.165) is 83.5 Å². The Morgan fingerprint density at radius 3 is 1.09 bits per heavy atom. The number of nitrogens with one attached hydrogen (secondary N) is 1. The molecule has 0 saturated carbocycles.